The molecule has 0 bridgehead atoms. The Labute approximate surface area is 175 Å². The fraction of sp³-hybridized carbons (Fsp3) is 0.353. The van der Waals surface area contributed by atoms with Crippen molar-refractivity contribution in [2.45, 2.75) is 13.5 Å². The van der Waals surface area contributed by atoms with Crippen molar-refractivity contribution in [2.75, 3.05) is 25.0 Å². The van der Waals surface area contributed by atoms with Crippen LogP contribution in [0.1, 0.15) is 12.6 Å². The number of fused-ring (bicyclic) bond motifs is 1. The first kappa shape index (κ1) is 20.8. The Hall–Kier alpha value is -2.50. The second kappa shape index (κ2) is 10.6. The highest BCUT2D eigenvalue weighted by Gasteiger charge is 2.07. The van der Waals surface area contributed by atoms with Crippen LogP contribution in [-0.2, 0) is 13.6 Å². The highest BCUT2D eigenvalue weighted by molar-refractivity contribution is 14.0. The summed E-state index contributed by atoms with van der Waals surface area (Å²) in [6.45, 7) is 4.75. The van der Waals surface area contributed by atoms with Crippen LogP contribution in [0.3, 0.4) is 0 Å². The molecule has 3 heterocycles. The molecule has 144 valence electrons. The van der Waals surface area contributed by atoms with Crippen molar-refractivity contribution in [3.63, 3.8) is 0 Å². The van der Waals surface area contributed by atoms with Gasteiger partial charge in [0.1, 0.15) is 12.1 Å². The standard InChI is InChI=1S/C17H23N9.HI/c1-3-18-17(22-10-13-6-4-5-7-19-13)21-9-8-20-15-14-11-25-26(2)16(14)24-12-23-15;/h4-7,11-12H,3,8-10H2,1-2H3,(H2,18,21,22)(H,20,23,24);1H. The van der Waals surface area contributed by atoms with E-state index in [1.807, 2.05) is 32.2 Å². The molecule has 3 rings (SSSR count). The van der Waals surface area contributed by atoms with Crippen LogP contribution in [0.4, 0.5) is 5.82 Å². The van der Waals surface area contributed by atoms with Gasteiger partial charge >= 0.3 is 0 Å². The van der Waals surface area contributed by atoms with Crippen LogP contribution >= 0.6 is 24.0 Å². The number of guanidine groups is 1. The molecule has 0 spiro atoms. The Morgan fingerprint density at radius 1 is 1.15 bits per heavy atom. The van der Waals surface area contributed by atoms with Crippen molar-refractivity contribution in [1.82, 2.24) is 35.4 Å². The van der Waals surface area contributed by atoms with Crippen LogP contribution in [0.15, 0.2) is 41.9 Å². The first-order chi connectivity index (χ1) is 12.8. The maximum absolute atomic E-state index is 4.55. The van der Waals surface area contributed by atoms with Gasteiger partial charge in [-0.1, -0.05) is 6.07 Å². The molecule has 0 aliphatic carbocycles. The third-order valence-electron chi connectivity index (χ3n) is 3.71. The molecule has 27 heavy (non-hydrogen) atoms. The maximum atomic E-state index is 4.55. The molecule has 0 saturated carbocycles. The van der Waals surface area contributed by atoms with E-state index in [1.165, 1.54) is 6.33 Å². The third kappa shape index (κ3) is 5.74. The van der Waals surface area contributed by atoms with Gasteiger partial charge in [0.05, 0.1) is 23.8 Å². The molecule has 9 nitrogen and oxygen atoms in total. The molecular formula is C17H24IN9. The van der Waals surface area contributed by atoms with Gasteiger partial charge in [0, 0.05) is 32.9 Å². The lowest BCUT2D eigenvalue weighted by Crippen LogP contribution is -2.39. The third-order valence-corrected chi connectivity index (χ3v) is 3.71. The number of hydrogen-bond donors (Lipinski definition) is 3. The summed E-state index contributed by atoms with van der Waals surface area (Å²) in [6.07, 6.45) is 5.08. The van der Waals surface area contributed by atoms with Gasteiger partial charge in [-0.25, -0.2) is 15.0 Å². The monoisotopic (exact) mass is 481 g/mol. The number of aromatic nitrogens is 5. The number of halogens is 1. The van der Waals surface area contributed by atoms with Crippen LogP contribution in [-0.4, -0.2) is 50.3 Å². The number of hydrogen-bond acceptors (Lipinski definition) is 6. The van der Waals surface area contributed by atoms with E-state index in [-0.39, 0.29) is 24.0 Å². The van der Waals surface area contributed by atoms with Gasteiger partial charge in [0.2, 0.25) is 0 Å². The number of rotatable bonds is 7. The minimum absolute atomic E-state index is 0. The predicted molar refractivity (Wildman–Crippen MR) is 117 cm³/mol. The van der Waals surface area contributed by atoms with E-state index in [2.05, 4.69) is 41.0 Å². The first-order valence-corrected chi connectivity index (χ1v) is 8.56. The van der Waals surface area contributed by atoms with Gasteiger partial charge < -0.3 is 16.0 Å². The van der Waals surface area contributed by atoms with E-state index in [4.69, 9.17) is 0 Å². The highest BCUT2D eigenvalue weighted by atomic mass is 127. The van der Waals surface area contributed by atoms with E-state index in [1.54, 1.807) is 17.1 Å². The molecule has 0 aliphatic heterocycles. The van der Waals surface area contributed by atoms with Gasteiger partial charge in [0.25, 0.3) is 0 Å². The molecule has 0 aromatic carbocycles. The molecule has 0 fully saturated rings. The van der Waals surface area contributed by atoms with Gasteiger partial charge in [-0.15, -0.1) is 24.0 Å². The number of nitrogens with zero attached hydrogens (tertiary/aromatic N) is 6. The second-order valence-electron chi connectivity index (χ2n) is 5.60. The first-order valence-electron chi connectivity index (χ1n) is 8.56. The Balaban J connectivity index is 0.00000261. The minimum Gasteiger partial charge on any atom is -0.368 e. The summed E-state index contributed by atoms with van der Waals surface area (Å²) in [6, 6.07) is 5.82. The lowest BCUT2D eigenvalue weighted by molar-refractivity contribution is 0.785. The fourth-order valence-corrected chi connectivity index (χ4v) is 2.46. The van der Waals surface area contributed by atoms with Crippen LogP contribution < -0.4 is 16.0 Å². The number of anilines is 1. The van der Waals surface area contributed by atoms with Crippen molar-refractivity contribution < 1.29 is 0 Å². The summed E-state index contributed by atoms with van der Waals surface area (Å²) in [7, 11) is 1.86. The average Bonchev–Trinajstić information content (AvgIpc) is 3.06. The van der Waals surface area contributed by atoms with Crippen molar-refractivity contribution >= 4 is 46.8 Å². The minimum atomic E-state index is 0. The molecular weight excluding hydrogens is 457 g/mol. The van der Waals surface area contributed by atoms with Crippen molar-refractivity contribution in [2.24, 2.45) is 12.0 Å². The number of aryl methyl sites for hydroxylation is 1. The van der Waals surface area contributed by atoms with E-state index in [0.29, 0.717) is 19.6 Å². The zero-order valence-corrected chi connectivity index (χ0v) is 17.7. The quantitative estimate of drug-likeness (QED) is 0.204. The number of pyridine rings is 1. The van der Waals surface area contributed by atoms with Crippen LogP contribution in [0.2, 0.25) is 0 Å². The Morgan fingerprint density at radius 3 is 2.81 bits per heavy atom. The van der Waals surface area contributed by atoms with Crippen molar-refractivity contribution in [1.29, 1.82) is 0 Å². The summed E-state index contributed by atoms with van der Waals surface area (Å²) in [5, 5.41) is 15.0. The lowest BCUT2D eigenvalue weighted by Gasteiger charge is -2.12. The smallest absolute Gasteiger partial charge is 0.191 e. The summed E-state index contributed by atoms with van der Waals surface area (Å²) >= 11 is 0. The summed E-state index contributed by atoms with van der Waals surface area (Å²) in [5.74, 6) is 1.54. The molecule has 3 N–H and O–H groups in total. The molecule has 0 aliphatic rings. The Morgan fingerprint density at radius 2 is 2.04 bits per heavy atom. The summed E-state index contributed by atoms with van der Waals surface area (Å²) < 4.78 is 1.73. The highest BCUT2D eigenvalue weighted by Crippen LogP contribution is 2.16. The normalized spacial score (nSPS) is 11.1. The molecule has 0 atom stereocenters. The largest absolute Gasteiger partial charge is 0.368 e. The zero-order chi connectivity index (χ0) is 18.2. The second-order valence-corrected chi connectivity index (χ2v) is 5.60. The van der Waals surface area contributed by atoms with E-state index in [9.17, 15) is 0 Å². The number of nitrogens with one attached hydrogen (secondary N) is 3. The predicted octanol–water partition coefficient (Wildman–Crippen LogP) is 1.54. The van der Waals surface area contributed by atoms with E-state index in [0.717, 1.165) is 35.0 Å². The van der Waals surface area contributed by atoms with E-state index < -0.39 is 0 Å². The Bertz CT molecular complexity index is 863. The number of aliphatic imine (C=N–C) groups is 1. The fourth-order valence-electron chi connectivity index (χ4n) is 2.46. The molecule has 0 radical (unpaired) electrons. The average molecular weight is 481 g/mol. The van der Waals surface area contributed by atoms with Crippen LogP contribution in [0.5, 0.6) is 0 Å². The topological polar surface area (TPSA) is 105 Å². The molecule has 10 heteroatoms. The molecule has 3 aromatic rings. The molecule has 0 amide bonds. The zero-order valence-electron chi connectivity index (χ0n) is 15.4. The van der Waals surface area contributed by atoms with Crippen LogP contribution in [0, 0.1) is 0 Å². The lowest BCUT2D eigenvalue weighted by atomic mass is 10.3. The van der Waals surface area contributed by atoms with Gasteiger partial charge in [-0.05, 0) is 19.1 Å². The van der Waals surface area contributed by atoms with Gasteiger partial charge in [-0.3, -0.25) is 9.67 Å². The van der Waals surface area contributed by atoms with Gasteiger partial charge in [0.15, 0.2) is 11.6 Å². The van der Waals surface area contributed by atoms with Crippen molar-refractivity contribution in [3.05, 3.63) is 42.6 Å². The summed E-state index contributed by atoms with van der Waals surface area (Å²) in [4.78, 5) is 17.4. The van der Waals surface area contributed by atoms with Crippen LogP contribution in [0.25, 0.3) is 11.0 Å². The Kier molecular flexibility index (Phi) is 8.17. The van der Waals surface area contributed by atoms with Crippen molar-refractivity contribution in [3.8, 4) is 0 Å². The molecule has 0 saturated heterocycles. The summed E-state index contributed by atoms with van der Waals surface area (Å²) in [5.41, 5.74) is 1.74. The molecule has 0 unspecified atom stereocenters. The van der Waals surface area contributed by atoms with Gasteiger partial charge in [-0.2, -0.15) is 5.10 Å². The van der Waals surface area contributed by atoms with E-state index >= 15 is 0 Å². The SMILES string of the molecule is CCNC(=NCc1ccccn1)NCCNc1ncnc2c1cnn2C.I. The maximum Gasteiger partial charge on any atom is 0.191 e. The molecule has 3 aromatic heterocycles.